The number of carbonyl (C=O) groups is 1. The number of aryl methyl sites for hydroxylation is 1. The lowest BCUT2D eigenvalue weighted by Gasteiger charge is -2.31. The molecule has 1 aliphatic heterocycles. The van der Waals surface area contributed by atoms with Gasteiger partial charge >= 0.3 is 6.09 Å². The number of nitrogens with zero attached hydrogens (tertiary/aromatic N) is 1. The van der Waals surface area contributed by atoms with Gasteiger partial charge in [0.2, 0.25) is 0 Å². The van der Waals surface area contributed by atoms with Crippen molar-refractivity contribution in [2.24, 2.45) is 0 Å². The van der Waals surface area contributed by atoms with E-state index in [2.05, 4.69) is 36.5 Å². The highest BCUT2D eigenvalue weighted by molar-refractivity contribution is 5.67. The van der Waals surface area contributed by atoms with Crippen LogP contribution in [0.15, 0.2) is 24.3 Å². The van der Waals surface area contributed by atoms with Gasteiger partial charge in [0.25, 0.3) is 0 Å². The minimum atomic E-state index is -0.175. The van der Waals surface area contributed by atoms with Crippen molar-refractivity contribution in [3.05, 3.63) is 35.4 Å². The molecular formula is C17H26N2O2. The molecule has 1 saturated heterocycles. The maximum atomic E-state index is 11.6. The molecule has 0 bridgehead atoms. The monoisotopic (exact) mass is 290 g/mol. The zero-order valence-electron chi connectivity index (χ0n) is 13.1. The van der Waals surface area contributed by atoms with E-state index in [0.29, 0.717) is 12.6 Å². The molecule has 4 heteroatoms. The Morgan fingerprint density at radius 2 is 1.81 bits per heavy atom. The maximum absolute atomic E-state index is 11.6. The number of piperidine rings is 1. The van der Waals surface area contributed by atoms with Crippen LogP contribution in [-0.2, 0) is 17.7 Å². The summed E-state index contributed by atoms with van der Waals surface area (Å²) in [6, 6.07) is 9.27. The summed E-state index contributed by atoms with van der Waals surface area (Å²) in [6.45, 7) is 6.93. The number of carbonyl (C=O) groups excluding carboxylic acids is 1. The van der Waals surface area contributed by atoms with Crippen molar-refractivity contribution in [2.45, 2.75) is 45.7 Å². The van der Waals surface area contributed by atoms with E-state index in [-0.39, 0.29) is 6.09 Å². The van der Waals surface area contributed by atoms with Gasteiger partial charge < -0.3 is 15.0 Å². The molecule has 1 heterocycles. The number of hydrogen-bond donors (Lipinski definition) is 1. The molecule has 0 aliphatic carbocycles. The fourth-order valence-corrected chi connectivity index (χ4v) is 2.64. The van der Waals surface area contributed by atoms with Gasteiger partial charge in [-0.15, -0.1) is 0 Å². The van der Waals surface area contributed by atoms with Crippen molar-refractivity contribution in [2.75, 3.05) is 19.7 Å². The van der Waals surface area contributed by atoms with Crippen molar-refractivity contribution >= 4 is 6.09 Å². The lowest BCUT2D eigenvalue weighted by Crippen LogP contribution is -2.44. The number of benzene rings is 1. The molecule has 1 amide bonds. The topological polar surface area (TPSA) is 41.6 Å². The Morgan fingerprint density at radius 3 is 2.38 bits per heavy atom. The van der Waals surface area contributed by atoms with E-state index in [4.69, 9.17) is 4.74 Å². The summed E-state index contributed by atoms with van der Waals surface area (Å²) in [5.74, 6) is 0. The van der Waals surface area contributed by atoms with Crippen LogP contribution in [0, 0.1) is 0 Å². The third-order valence-electron chi connectivity index (χ3n) is 4.05. The van der Waals surface area contributed by atoms with Gasteiger partial charge in [-0.1, -0.05) is 31.2 Å². The molecule has 0 spiro atoms. The largest absolute Gasteiger partial charge is 0.450 e. The maximum Gasteiger partial charge on any atom is 0.409 e. The Morgan fingerprint density at radius 1 is 1.19 bits per heavy atom. The Balaban J connectivity index is 1.72. The number of rotatable bonds is 5. The fourth-order valence-electron chi connectivity index (χ4n) is 2.64. The average molecular weight is 290 g/mol. The fraction of sp³-hybridized carbons (Fsp3) is 0.588. The van der Waals surface area contributed by atoms with Crippen molar-refractivity contribution < 1.29 is 9.53 Å². The van der Waals surface area contributed by atoms with E-state index in [0.717, 1.165) is 38.9 Å². The first kappa shape index (κ1) is 15.8. The molecule has 0 radical (unpaired) electrons. The van der Waals surface area contributed by atoms with E-state index >= 15 is 0 Å². The van der Waals surface area contributed by atoms with Crippen LogP contribution >= 0.6 is 0 Å². The second-order valence-corrected chi connectivity index (χ2v) is 5.51. The highest BCUT2D eigenvalue weighted by atomic mass is 16.6. The van der Waals surface area contributed by atoms with Crippen LogP contribution in [0.1, 0.15) is 37.8 Å². The lowest BCUT2D eigenvalue weighted by molar-refractivity contribution is 0.0950. The third kappa shape index (κ3) is 4.74. The molecule has 1 N–H and O–H groups in total. The van der Waals surface area contributed by atoms with Crippen LogP contribution in [0.2, 0.25) is 0 Å². The molecule has 0 aromatic heterocycles. The Hall–Kier alpha value is -1.55. The molecule has 2 rings (SSSR count). The number of nitrogens with one attached hydrogen (secondary N) is 1. The molecule has 116 valence electrons. The van der Waals surface area contributed by atoms with Gasteiger partial charge in [-0.25, -0.2) is 4.79 Å². The van der Waals surface area contributed by atoms with Crippen LogP contribution in [0.3, 0.4) is 0 Å². The normalized spacial score (nSPS) is 16.0. The van der Waals surface area contributed by atoms with Crippen LogP contribution in [0.25, 0.3) is 0 Å². The van der Waals surface area contributed by atoms with Gasteiger partial charge in [0, 0.05) is 25.7 Å². The molecular weight excluding hydrogens is 264 g/mol. The first-order valence-corrected chi connectivity index (χ1v) is 7.95. The van der Waals surface area contributed by atoms with Gasteiger partial charge in [0.05, 0.1) is 6.61 Å². The summed E-state index contributed by atoms with van der Waals surface area (Å²) in [7, 11) is 0. The molecule has 0 unspecified atom stereocenters. The summed E-state index contributed by atoms with van der Waals surface area (Å²) in [5.41, 5.74) is 2.70. The minimum absolute atomic E-state index is 0.175. The molecule has 1 aliphatic rings. The number of amides is 1. The van der Waals surface area contributed by atoms with Crippen LogP contribution < -0.4 is 5.32 Å². The van der Waals surface area contributed by atoms with Crippen LogP contribution in [0.4, 0.5) is 4.79 Å². The first-order valence-electron chi connectivity index (χ1n) is 7.95. The molecule has 1 aromatic rings. The molecule has 0 atom stereocenters. The van der Waals surface area contributed by atoms with Gasteiger partial charge in [-0.3, -0.25) is 0 Å². The lowest BCUT2D eigenvalue weighted by atomic mass is 10.0. The molecule has 0 saturated carbocycles. The van der Waals surface area contributed by atoms with E-state index in [1.807, 2.05) is 6.92 Å². The highest BCUT2D eigenvalue weighted by Gasteiger charge is 2.22. The minimum Gasteiger partial charge on any atom is -0.450 e. The summed E-state index contributed by atoms with van der Waals surface area (Å²) < 4.78 is 5.03. The Bertz CT molecular complexity index is 437. The van der Waals surface area contributed by atoms with Crippen molar-refractivity contribution in [1.29, 1.82) is 0 Å². The van der Waals surface area contributed by atoms with E-state index in [1.165, 1.54) is 11.1 Å². The predicted molar refractivity (Wildman–Crippen MR) is 84.3 cm³/mol. The quantitative estimate of drug-likeness (QED) is 0.906. The van der Waals surface area contributed by atoms with E-state index in [9.17, 15) is 4.79 Å². The highest BCUT2D eigenvalue weighted by Crippen LogP contribution is 2.13. The zero-order valence-corrected chi connectivity index (χ0v) is 13.1. The van der Waals surface area contributed by atoms with Gasteiger partial charge in [0.15, 0.2) is 0 Å². The van der Waals surface area contributed by atoms with Gasteiger partial charge in [0.1, 0.15) is 0 Å². The van der Waals surface area contributed by atoms with Crippen molar-refractivity contribution in [3.8, 4) is 0 Å². The molecule has 4 nitrogen and oxygen atoms in total. The first-order chi connectivity index (χ1) is 10.2. The number of likely N-dealkylation sites (tertiary alicyclic amines) is 1. The van der Waals surface area contributed by atoms with Gasteiger partial charge in [-0.2, -0.15) is 0 Å². The molecule has 21 heavy (non-hydrogen) atoms. The third-order valence-corrected chi connectivity index (χ3v) is 4.05. The standard InChI is InChI=1S/C17H26N2O2/c1-3-14-5-7-15(8-6-14)13-18-16-9-11-19(12-10-16)17(20)21-4-2/h5-8,16,18H,3-4,9-13H2,1-2H3. The van der Waals surface area contributed by atoms with Crippen molar-refractivity contribution in [3.63, 3.8) is 0 Å². The number of ether oxygens (including phenoxy) is 1. The summed E-state index contributed by atoms with van der Waals surface area (Å²) >= 11 is 0. The summed E-state index contributed by atoms with van der Waals surface area (Å²) in [6.07, 6.45) is 2.89. The molecule has 1 fully saturated rings. The average Bonchev–Trinajstić information content (AvgIpc) is 2.54. The summed E-state index contributed by atoms with van der Waals surface area (Å²) in [5, 5.41) is 3.59. The Kier molecular flexibility index (Phi) is 6.05. The van der Waals surface area contributed by atoms with Crippen LogP contribution in [-0.4, -0.2) is 36.7 Å². The van der Waals surface area contributed by atoms with E-state index < -0.39 is 0 Å². The smallest absolute Gasteiger partial charge is 0.409 e. The Labute approximate surface area is 127 Å². The van der Waals surface area contributed by atoms with Crippen LogP contribution in [0.5, 0.6) is 0 Å². The zero-order chi connectivity index (χ0) is 15.1. The summed E-state index contributed by atoms with van der Waals surface area (Å²) in [4.78, 5) is 13.4. The predicted octanol–water partition coefficient (Wildman–Crippen LogP) is 2.96. The second-order valence-electron chi connectivity index (χ2n) is 5.51. The van der Waals surface area contributed by atoms with E-state index in [1.54, 1.807) is 4.90 Å². The second kappa shape index (κ2) is 8.03. The SMILES string of the molecule is CCOC(=O)N1CCC(NCc2ccc(CC)cc2)CC1. The number of hydrogen-bond acceptors (Lipinski definition) is 3. The van der Waals surface area contributed by atoms with Crippen molar-refractivity contribution in [1.82, 2.24) is 10.2 Å². The van der Waals surface area contributed by atoms with Gasteiger partial charge in [-0.05, 0) is 37.3 Å². The molecule has 1 aromatic carbocycles.